The van der Waals surface area contributed by atoms with E-state index in [0.717, 1.165) is 11.1 Å². The number of halogens is 2. The molecular formula is C22H19Cl2NO4S. The number of nitrogens with zero attached hydrogens (tertiary/aromatic N) is 1. The third-order valence-electron chi connectivity index (χ3n) is 4.46. The summed E-state index contributed by atoms with van der Waals surface area (Å²) in [5, 5.41) is 1.03. The first-order chi connectivity index (χ1) is 14.3. The molecule has 0 saturated heterocycles. The second-order valence-electron chi connectivity index (χ2n) is 6.54. The molecule has 156 valence electrons. The molecule has 3 aromatic rings. The maximum absolute atomic E-state index is 13.3. The van der Waals surface area contributed by atoms with Crippen molar-refractivity contribution < 1.29 is 17.9 Å². The molecular weight excluding hydrogens is 445 g/mol. The van der Waals surface area contributed by atoms with Crippen molar-refractivity contribution in [3.63, 3.8) is 0 Å². The Hall–Kier alpha value is -2.38. The van der Waals surface area contributed by atoms with E-state index in [1.165, 1.54) is 23.5 Å². The second-order valence-corrected chi connectivity index (χ2v) is 9.35. The second kappa shape index (κ2) is 9.62. The van der Waals surface area contributed by atoms with Crippen molar-refractivity contribution in [2.75, 3.05) is 7.11 Å². The molecule has 0 heterocycles. The molecule has 0 aromatic heterocycles. The largest absolute Gasteiger partial charge is 0.465 e. The Balaban J connectivity index is 1.93. The molecule has 0 unspecified atom stereocenters. The number of benzene rings is 3. The van der Waals surface area contributed by atoms with Gasteiger partial charge in [-0.1, -0.05) is 47.5 Å². The minimum absolute atomic E-state index is 0.120. The number of hydrogen-bond donors (Lipinski definition) is 0. The maximum atomic E-state index is 13.3. The van der Waals surface area contributed by atoms with Crippen LogP contribution in [0.15, 0.2) is 77.7 Å². The lowest BCUT2D eigenvalue weighted by Crippen LogP contribution is -2.30. The first-order valence-corrected chi connectivity index (χ1v) is 11.2. The van der Waals surface area contributed by atoms with Crippen LogP contribution in [0.25, 0.3) is 0 Å². The van der Waals surface area contributed by atoms with Gasteiger partial charge in [-0.25, -0.2) is 13.2 Å². The van der Waals surface area contributed by atoms with Gasteiger partial charge in [0.05, 0.1) is 17.6 Å². The zero-order chi connectivity index (χ0) is 21.7. The van der Waals surface area contributed by atoms with E-state index in [0.29, 0.717) is 15.6 Å². The normalized spacial score (nSPS) is 11.5. The first kappa shape index (κ1) is 22.3. The summed E-state index contributed by atoms with van der Waals surface area (Å²) in [5.41, 5.74) is 1.92. The van der Waals surface area contributed by atoms with Crippen LogP contribution in [0.3, 0.4) is 0 Å². The van der Waals surface area contributed by atoms with Crippen molar-refractivity contribution in [2.45, 2.75) is 18.0 Å². The van der Waals surface area contributed by atoms with Crippen LogP contribution >= 0.6 is 23.2 Å². The molecule has 5 nitrogen and oxygen atoms in total. The number of sulfonamides is 1. The Bertz CT molecular complexity index is 1110. The van der Waals surface area contributed by atoms with Crippen LogP contribution in [-0.2, 0) is 27.8 Å². The topological polar surface area (TPSA) is 63.7 Å². The van der Waals surface area contributed by atoms with Crippen molar-refractivity contribution in [3.05, 3.63) is 99.5 Å². The number of methoxy groups -OCH3 is 1. The minimum Gasteiger partial charge on any atom is -0.465 e. The third kappa shape index (κ3) is 5.40. The fourth-order valence-electron chi connectivity index (χ4n) is 2.84. The minimum atomic E-state index is -3.81. The molecule has 0 aliphatic heterocycles. The average Bonchev–Trinajstić information content (AvgIpc) is 2.75. The van der Waals surface area contributed by atoms with Crippen molar-refractivity contribution in [1.29, 1.82) is 0 Å². The van der Waals surface area contributed by atoms with Gasteiger partial charge in [0.2, 0.25) is 10.0 Å². The lowest BCUT2D eigenvalue weighted by atomic mass is 10.1. The zero-order valence-corrected chi connectivity index (χ0v) is 18.4. The molecule has 0 aliphatic rings. The van der Waals surface area contributed by atoms with Gasteiger partial charge in [-0.05, 0) is 59.7 Å². The van der Waals surface area contributed by atoms with Gasteiger partial charge >= 0.3 is 5.97 Å². The monoisotopic (exact) mass is 463 g/mol. The summed E-state index contributed by atoms with van der Waals surface area (Å²) in [5.74, 6) is -0.451. The molecule has 30 heavy (non-hydrogen) atoms. The van der Waals surface area contributed by atoms with Gasteiger partial charge < -0.3 is 4.74 Å². The summed E-state index contributed by atoms with van der Waals surface area (Å²) in [6.45, 7) is 0.274. The van der Waals surface area contributed by atoms with Crippen LogP contribution in [0, 0.1) is 0 Å². The number of esters is 1. The zero-order valence-electron chi connectivity index (χ0n) is 16.1. The van der Waals surface area contributed by atoms with Crippen molar-refractivity contribution in [2.24, 2.45) is 0 Å². The van der Waals surface area contributed by atoms with E-state index in [1.807, 2.05) is 0 Å². The predicted octanol–water partition coefficient (Wildman–Crippen LogP) is 5.17. The van der Waals surface area contributed by atoms with Crippen LogP contribution in [0.5, 0.6) is 0 Å². The number of ether oxygens (including phenoxy) is 1. The van der Waals surface area contributed by atoms with E-state index in [-0.39, 0.29) is 18.0 Å². The summed E-state index contributed by atoms with van der Waals surface area (Å²) < 4.78 is 32.7. The molecule has 0 spiro atoms. The van der Waals surface area contributed by atoms with Crippen LogP contribution in [0.4, 0.5) is 0 Å². The van der Waals surface area contributed by atoms with Gasteiger partial charge in [0, 0.05) is 23.1 Å². The summed E-state index contributed by atoms with van der Waals surface area (Å²) in [6, 6.07) is 19.7. The van der Waals surface area contributed by atoms with E-state index >= 15 is 0 Å². The summed E-state index contributed by atoms with van der Waals surface area (Å²) in [6.07, 6.45) is 0. The van der Waals surface area contributed by atoms with Gasteiger partial charge in [0.15, 0.2) is 0 Å². The maximum Gasteiger partial charge on any atom is 0.337 e. The van der Waals surface area contributed by atoms with Gasteiger partial charge in [-0.3, -0.25) is 0 Å². The number of carbonyl (C=O) groups is 1. The highest BCUT2D eigenvalue weighted by atomic mass is 35.5. The molecule has 8 heteroatoms. The van der Waals surface area contributed by atoms with E-state index in [9.17, 15) is 13.2 Å². The molecule has 0 atom stereocenters. The Morgan fingerprint density at radius 1 is 0.800 bits per heavy atom. The molecule has 0 amide bonds. The molecule has 0 saturated carbocycles. The van der Waals surface area contributed by atoms with E-state index < -0.39 is 16.0 Å². The molecule has 3 aromatic carbocycles. The van der Waals surface area contributed by atoms with Crippen LogP contribution < -0.4 is 0 Å². The Morgan fingerprint density at radius 2 is 1.23 bits per heavy atom. The Morgan fingerprint density at radius 3 is 1.70 bits per heavy atom. The lowest BCUT2D eigenvalue weighted by molar-refractivity contribution is 0.0600. The molecule has 0 bridgehead atoms. The summed E-state index contributed by atoms with van der Waals surface area (Å²) >= 11 is 11.9. The quantitative estimate of drug-likeness (QED) is 0.453. The van der Waals surface area contributed by atoms with Gasteiger partial charge in [-0.2, -0.15) is 4.31 Å². The highest BCUT2D eigenvalue weighted by Gasteiger charge is 2.25. The van der Waals surface area contributed by atoms with E-state index in [4.69, 9.17) is 27.9 Å². The Labute approximate surface area is 185 Å². The molecule has 0 radical (unpaired) electrons. The fraction of sp³-hybridized carbons (Fsp3) is 0.136. The smallest absolute Gasteiger partial charge is 0.337 e. The SMILES string of the molecule is COC(=O)c1ccc(CN(Cc2ccc(Cl)cc2)S(=O)(=O)c2ccc(Cl)cc2)cc1. The average molecular weight is 464 g/mol. The highest BCUT2D eigenvalue weighted by molar-refractivity contribution is 7.89. The van der Waals surface area contributed by atoms with Gasteiger partial charge in [0.1, 0.15) is 0 Å². The first-order valence-electron chi connectivity index (χ1n) is 8.97. The number of rotatable bonds is 7. The Kier molecular flexibility index (Phi) is 7.15. The lowest BCUT2D eigenvalue weighted by Gasteiger charge is -2.23. The molecule has 3 rings (SSSR count). The summed E-state index contributed by atoms with van der Waals surface area (Å²) in [4.78, 5) is 11.8. The van der Waals surface area contributed by atoms with Gasteiger partial charge in [0.25, 0.3) is 0 Å². The van der Waals surface area contributed by atoms with Crippen LogP contribution in [-0.4, -0.2) is 25.8 Å². The van der Waals surface area contributed by atoms with E-state index in [2.05, 4.69) is 0 Å². The van der Waals surface area contributed by atoms with Crippen LogP contribution in [0.1, 0.15) is 21.5 Å². The fourth-order valence-corrected chi connectivity index (χ4v) is 4.51. The summed E-state index contributed by atoms with van der Waals surface area (Å²) in [7, 11) is -2.50. The standard InChI is InChI=1S/C22H19Cl2NO4S/c1-29-22(26)18-6-2-16(3-7-18)14-25(15-17-4-8-19(23)9-5-17)30(27,28)21-12-10-20(24)11-13-21/h2-13H,14-15H2,1H3. The van der Waals surface area contributed by atoms with Gasteiger partial charge in [-0.15, -0.1) is 0 Å². The molecule has 0 N–H and O–H groups in total. The van der Waals surface area contributed by atoms with Crippen molar-refractivity contribution >= 4 is 39.2 Å². The van der Waals surface area contributed by atoms with Crippen LogP contribution in [0.2, 0.25) is 10.0 Å². The van der Waals surface area contributed by atoms with E-state index in [1.54, 1.807) is 60.7 Å². The number of carbonyl (C=O) groups excluding carboxylic acids is 1. The molecule has 0 aliphatic carbocycles. The highest BCUT2D eigenvalue weighted by Crippen LogP contribution is 2.23. The number of hydrogen-bond acceptors (Lipinski definition) is 4. The molecule has 0 fully saturated rings. The van der Waals surface area contributed by atoms with Crippen molar-refractivity contribution in [1.82, 2.24) is 4.31 Å². The van der Waals surface area contributed by atoms with Crippen molar-refractivity contribution in [3.8, 4) is 0 Å². The third-order valence-corrected chi connectivity index (χ3v) is 6.77. The predicted molar refractivity (Wildman–Crippen MR) is 117 cm³/mol.